The van der Waals surface area contributed by atoms with Crippen LogP contribution >= 0.6 is 0 Å². The van der Waals surface area contributed by atoms with Gasteiger partial charge < -0.3 is 0 Å². The molecule has 1 rings (SSSR count). The summed E-state index contributed by atoms with van der Waals surface area (Å²) in [5, 5.41) is -0.692. The first-order chi connectivity index (χ1) is 7.82. The van der Waals surface area contributed by atoms with Gasteiger partial charge in [-0.15, -0.1) is 0 Å². The average molecular weight is 238 g/mol. The van der Waals surface area contributed by atoms with Crippen molar-refractivity contribution in [3.63, 3.8) is 0 Å². The van der Waals surface area contributed by atoms with Gasteiger partial charge >= 0.3 is 0 Å². The molecule has 0 saturated carbocycles. The van der Waals surface area contributed by atoms with Crippen molar-refractivity contribution in [3.05, 3.63) is 34.9 Å². The third kappa shape index (κ3) is 3.67. The second-order valence-electron chi connectivity index (χ2n) is 7.49. The Morgan fingerprint density at radius 3 is 1.11 bits per heavy atom. The molecule has 2 heteroatoms. The summed E-state index contributed by atoms with van der Waals surface area (Å²) >= 11 is 0. The van der Waals surface area contributed by atoms with Crippen LogP contribution in [0.5, 0.6) is 0 Å². The average Bonchev–Trinajstić information content (AvgIpc) is 2.13. The van der Waals surface area contributed by atoms with E-state index in [0.717, 1.165) is 11.1 Å². The molecule has 0 amide bonds. The third-order valence-corrected chi connectivity index (χ3v) is 3.29. The largest absolute Gasteiger partial charge is 0.0802 e. The van der Waals surface area contributed by atoms with Crippen LogP contribution in [0, 0.1) is 0 Å². The lowest BCUT2D eigenvalue weighted by Crippen LogP contribution is -2.24. The smallest absolute Gasteiger partial charge is 0.0639 e. The van der Waals surface area contributed by atoms with Crippen molar-refractivity contribution in [2.75, 3.05) is 0 Å². The Morgan fingerprint density at radius 2 is 0.889 bits per heavy atom. The summed E-state index contributed by atoms with van der Waals surface area (Å²) in [6.45, 7) is 14.8. The van der Waals surface area contributed by atoms with Crippen molar-refractivity contribution < 1.29 is 0 Å². The van der Waals surface area contributed by atoms with Gasteiger partial charge in [0.05, 0.1) is 15.7 Å². The van der Waals surface area contributed by atoms with Crippen molar-refractivity contribution in [3.8, 4) is 0 Å². The molecule has 94 valence electrons. The fourth-order valence-corrected chi connectivity index (χ4v) is 1.80. The molecule has 1 aromatic rings. The van der Waals surface area contributed by atoms with E-state index in [1.807, 2.05) is 27.7 Å². The number of benzene rings is 1. The first kappa shape index (κ1) is 15.4. The lowest BCUT2D eigenvalue weighted by atomic mass is 9.62. The number of hydrogen-bond donors (Lipinski definition) is 0. The molecule has 0 spiro atoms. The predicted octanol–water partition coefficient (Wildman–Crippen LogP) is 3.79. The first-order valence-corrected chi connectivity index (χ1v) is 6.56. The molecule has 0 nitrogen and oxygen atoms in total. The highest BCUT2D eigenvalue weighted by Crippen LogP contribution is 2.32. The molecule has 0 saturated heterocycles. The van der Waals surface area contributed by atoms with Crippen molar-refractivity contribution in [1.29, 1.82) is 0 Å². The van der Waals surface area contributed by atoms with Crippen LogP contribution in [0.3, 0.4) is 0 Å². The summed E-state index contributed by atoms with van der Waals surface area (Å²) < 4.78 is 0. The Hall–Kier alpha value is -0.650. The third-order valence-electron chi connectivity index (χ3n) is 3.29. The van der Waals surface area contributed by atoms with E-state index in [1.54, 1.807) is 0 Å². The lowest BCUT2D eigenvalue weighted by molar-refractivity contribution is 0.584. The highest BCUT2D eigenvalue weighted by Gasteiger charge is 2.23. The van der Waals surface area contributed by atoms with Gasteiger partial charge in [-0.1, -0.05) is 77.8 Å². The van der Waals surface area contributed by atoms with E-state index in [0.29, 0.717) is 0 Å². The van der Waals surface area contributed by atoms with Crippen LogP contribution in [0.15, 0.2) is 18.2 Å². The van der Waals surface area contributed by atoms with Gasteiger partial charge in [0.2, 0.25) is 0 Å². The van der Waals surface area contributed by atoms with Crippen LogP contribution in [-0.4, -0.2) is 15.7 Å². The Morgan fingerprint density at radius 1 is 0.611 bits per heavy atom. The van der Waals surface area contributed by atoms with Crippen LogP contribution in [0.25, 0.3) is 0 Å². The second kappa shape index (κ2) is 4.47. The molecule has 0 aromatic heterocycles. The van der Waals surface area contributed by atoms with E-state index < -0.39 is 0 Å². The molecule has 0 aliphatic heterocycles. The Balaban J connectivity index is 3.49. The van der Waals surface area contributed by atoms with E-state index in [-0.39, 0.29) is 16.0 Å². The van der Waals surface area contributed by atoms with Crippen LogP contribution < -0.4 is 0 Å². The van der Waals surface area contributed by atoms with Crippen molar-refractivity contribution in [2.24, 2.45) is 0 Å². The Kier molecular flexibility index (Phi) is 3.83. The van der Waals surface area contributed by atoms with Gasteiger partial charge in [0, 0.05) is 0 Å². The standard InChI is InChI=1S/C16H24B2/c1-14(2,3)11-8-12(15(4,5)17)10-13(9-11)16(6,7)18/h8-10H,1-7H3. The van der Waals surface area contributed by atoms with Gasteiger partial charge in [-0.2, -0.15) is 0 Å². The normalized spacial score (nSPS) is 13.7. The molecule has 1 aromatic carbocycles. The van der Waals surface area contributed by atoms with Crippen LogP contribution in [0.2, 0.25) is 0 Å². The topological polar surface area (TPSA) is 0 Å². The summed E-state index contributed by atoms with van der Waals surface area (Å²) in [7, 11) is 12.5. The van der Waals surface area contributed by atoms with Gasteiger partial charge in [0.25, 0.3) is 0 Å². The molecule has 0 unspecified atom stereocenters. The molecule has 0 atom stereocenters. The Labute approximate surface area is 115 Å². The van der Waals surface area contributed by atoms with Crippen LogP contribution in [-0.2, 0) is 16.0 Å². The van der Waals surface area contributed by atoms with E-state index in [4.69, 9.17) is 15.7 Å². The molecule has 0 fully saturated rings. The molecule has 18 heavy (non-hydrogen) atoms. The molecule has 0 N–H and O–H groups in total. The van der Waals surface area contributed by atoms with Crippen molar-refractivity contribution in [1.82, 2.24) is 0 Å². The maximum Gasteiger partial charge on any atom is 0.0802 e. The molecule has 0 aliphatic carbocycles. The molecular formula is C16H24B2. The summed E-state index contributed by atoms with van der Waals surface area (Å²) in [5.74, 6) is 0. The fraction of sp³-hybridized carbons (Fsp3) is 0.625. The highest BCUT2D eigenvalue weighted by atomic mass is 14.2. The van der Waals surface area contributed by atoms with Gasteiger partial charge in [0.1, 0.15) is 0 Å². The quantitative estimate of drug-likeness (QED) is 0.687. The summed E-state index contributed by atoms with van der Waals surface area (Å²) in [6, 6.07) is 6.54. The van der Waals surface area contributed by atoms with Crippen LogP contribution in [0.1, 0.15) is 65.2 Å². The maximum atomic E-state index is 6.24. The monoisotopic (exact) mass is 238 g/mol. The molecular weight excluding hydrogens is 214 g/mol. The molecule has 4 radical (unpaired) electrons. The zero-order valence-corrected chi connectivity index (χ0v) is 12.9. The minimum atomic E-state index is -0.346. The van der Waals surface area contributed by atoms with Gasteiger partial charge in [-0.05, 0) is 21.6 Å². The molecule has 0 aliphatic rings. The second-order valence-corrected chi connectivity index (χ2v) is 7.49. The fourth-order valence-electron chi connectivity index (χ4n) is 1.80. The summed E-state index contributed by atoms with van der Waals surface area (Å²) in [6.07, 6.45) is 0. The minimum Gasteiger partial charge on any atom is -0.0639 e. The predicted molar refractivity (Wildman–Crippen MR) is 82.7 cm³/mol. The van der Waals surface area contributed by atoms with Gasteiger partial charge in [-0.3, -0.25) is 0 Å². The molecule has 0 bridgehead atoms. The van der Waals surface area contributed by atoms with E-state index in [1.165, 1.54) is 5.56 Å². The first-order valence-electron chi connectivity index (χ1n) is 6.56. The van der Waals surface area contributed by atoms with E-state index in [2.05, 4.69) is 39.0 Å². The highest BCUT2D eigenvalue weighted by molar-refractivity contribution is 6.16. The zero-order chi connectivity index (χ0) is 14.4. The Bertz CT molecular complexity index is 347. The SMILES string of the molecule is [B]C(C)(C)c1cc(C([B])(C)C)cc(C(C)(C)C)c1. The number of rotatable bonds is 2. The van der Waals surface area contributed by atoms with Gasteiger partial charge in [-0.25, -0.2) is 0 Å². The van der Waals surface area contributed by atoms with E-state index in [9.17, 15) is 0 Å². The van der Waals surface area contributed by atoms with Crippen LogP contribution in [0.4, 0.5) is 0 Å². The summed E-state index contributed by atoms with van der Waals surface area (Å²) in [5.41, 5.74) is 3.67. The zero-order valence-electron chi connectivity index (χ0n) is 12.9. The molecule has 0 heterocycles. The summed E-state index contributed by atoms with van der Waals surface area (Å²) in [4.78, 5) is 0. The van der Waals surface area contributed by atoms with E-state index >= 15 is 0 Å². The van der Waals surface area contributed by atoms with Crippen molar-refractivity contribution >= 4 is 15.7 Å². The van der Waals surface area contributed by atoms with Crippen molar-refractivity contribution in [2.45, 2.75) is 64.5 Å². The van der Waals surface area contributed by atoms with Gasteiger partial charge in [0.15, 0.2) is 0 Å². The number of hydrogen-bond acceptors (Lipinski definition) is 0. The maximum absolute atomic E-state index is 6.24. The lowest BCUT2D eigenvalue weighted by Gasteiger charge is -2.30. The minimum absolute atomic E-state index is 0.0985.